The Balaban J connectivity index is 2.14. The van der Waals surface area contributed by atoms with Gasteiger partial charge in [0.1, 0.15) is 36.4 Å². The summed E-state index contributed by atoms with van der Waals surface area (Å²) in [5.41, 5.74) is 0.859. The number of rotatable bonds is 19. The van der Waals surface area contributed by atoms with Crippen molar-refractivity contribution < 1.29 is 57.4 Å². The average molecular weight is 773 g/mol. The number of hydrogen-bond acceptors (Lipinski definition) is 12. The van der Waals surface area contributed by atoms with E-state index in [4.69, 9.17) is 49.2 Å². The van der Waals surface area contributed by atoms with Crippen LogP contribution in [0.5, 0.6) is 0 Å². The minimum absolute atomic E-state index is 0.125. The highest BCUT2D eigenvalue weighted by Crippen LogP contribution is 2.41. The fourth-order valence-electron chi connectivity index (χ4n) is 6.04. The van der Waals surface area contributed by atoms with Crippen molar-refractivity contribution in [1.29, 1.82) is 0 Å². The molecule has 0 aliphatic carbocycles. The van der Waals surface area contributed by atoms with Gasteiger partial charge in [-0.1, -0.05) is 83.4 Å². The van der Waals surface area contributed by atoms with E-state index in [9.17, 15) is 19.8 Å². The molecule has 2 N–H and O–H groups in total. The Morgan fingerprint density at radius 2 is 1.71 bits per heavy atom. The predicted molar refractivity (Wildman–Crippen MR) is 198 cm³/mol. The molecular weight excluding hydrogens is 712 g/mol. The highest BCUT2D eigenvalue weighted by molar-refractivity contribution is 6.74. The highest BCUT2D eigenvalue weighted by atomic mass is 35.5. The summed E-state index contributed by atoms with van der Waals surface area (Å²) >= 11 is 5.92. The molecule has 296 valence electrons. The van der Waals surface area contributed by atoms with E-state index in [1.165, 1.54) is 6.92 Å². The summed E-state index contributed by atoms with van der Waals surface area (Å²) in [5, 5.41) is 21.6. The molecule has 0 saturated carbocycles. The predicted octanol–water partition coefficient (Wildman–Crippen LogP) is 5.79. The van der Waals surface area contributed by atoms with E-state index in [2.05, 4.69) is 13.5 Å². The van der Waals surface area contributed by atoms with Crippen LogP contribution in [0.2, 0.25) is 18.1 Å². The molecule has 0 unspecified atom stereocenters. The van der Waals surface area contributed by atoms with Crippen LogP contribution in [0.25, 0.3) is 0 Å². The second-order valence-electron chi connectivity index (χ2n) is 15.1. The minimum atomic E-state index is -2.64. The number of ether oxygens (including phenoxy) is 7. The first-order valence-corrected chi connectivity index (χ1v) is 21.8. The van der Waals surface area contributed by atoms with Crippen molar-refractivity contribution in [2.24, 2.45) is 0 Å². The molecule has 14 heteroatoms. The zero-order chi connectivity index (χ0) is 38.6. The molecule has 2 heterocycles. The van der Waals surface area contributed by atoms with Crippen molar-refractivity contribution in [3.8, 4) is 0 Å². The van der Waals surface area contributed by atoms with Crippen molar-refractivity contribution in [2.75, 3.05) is 12.5 Å². The zero-order valence-corrected chi connectivity index (χ0v) is 33.8. The van der Waals surface area contributed by atoms with Crippen LogP contribution in [-0.4, -0.2) is 110 Å². The molecule has 0 spiro atoms. The first-order chi connectivity index (χ1) is 24.6. The topological polar surface area (TPSA) is 148 Å². The number of hydrogen-bond donors (Lipinski definition) is 2. The monoisotopic (exact) mass is 772 g/mol. The van der Waals surface area contributed by atoms with Crippen molar-refractivity contribution in [3.63, 3.8) is 0 Å². The smallest absolute Gasteiger partial charge is 0.321 e. The summed E-state index contributed by atoms with van der Waals surface area (Å²) in [6, 6.07) is 9.48. The Labute approximate surface area is 315 Å². The quantitative estimate of drug-likeness (QED) is 0.0576. The van der Waals surface area contributed by atoms with E-state index in [1.54, 1.807) is 13.0 Å². The maximum absolute atomic E-state index is 12.8. The highest BCUT2D eigenvalue weighted by Gasteiger charge is 2.56. The van der Waals surface area contributed by atoms with Crippen molar-refractivity contribution >= 4 is 31.9 Å². The number of halogens is 1. The van der Waals surface area contributed by atoms with Crippen LogP contribution in [0.1, 0.15) is 79.2 Å². The maximum Gasteiger partial charge on any atom is 0.321 e. The lowest BCUT2D eigenvalue weighted by Gasteiger charge is -2.50. The summed E-state index contributed by atoms with van der Waals surface area (Å²) < 4.78 is 50.9. The van der Waals surface area contributed by atoms with Crippen LogP contribution in [0, 0.1) is 0 Å². The first-order valence-electron chi connectivity index (χ1n) is 18.3. The fraction of sp³-hybridized carbons (Fsp3) is 0.737. The number of aliphatic hydroxyl groups excluding tert-OH is 2. The number of benzene rings is 1. The van der Waals surface area contributed by atoms with Gasteiger partial charge in [0.2, 0.25) is 0 Å². The van der Waals surface area contributed by atoms with Crippen molar-refractivity contribution in [1.82, 2.24) is 0 Å². The Morgan fingerprint density at radius 1 is 1.02 bits per heavy atom. The summed E-state index contributed by atoms with van der Waals surface area (Å²) in [4.78, 5) is 25.3. The molecule has 2 saturated heterocycles. The molecule has 0 bridgehead atoms. The molecule has 52 heavy (non-hydrogen) atoms. The molecule has 0 amide bonds. The molecule has 0 radical (unpaired) electrons. The van der Waals surface area contributed by atoms with Gasteiger partial charge in [0.05, 0.1) is 25.4 Å². The lowest BCUT2D eigenvalue weighted by Crippen LogP contribution is -2.67. The number of carbonyl (C=O) groups is 2. The van der Waals surface area contributed by atoms with Crippen molar-refractivity contribution in [3.05, 3.63) is 48.6 Å². The first kappa shape index (κ1) is 44.5. The van der Waals surface area contributed by atoms with E-state index in [0.717, 1.165) is 31.2 Å². The van der Waals surface area contributed by atoms with E-state index in [1.807, 2.05) is 64.2 Å². The van der Waals surface area contributed by atoms with Crippen LogP contribution < -0.4 is 0 Å². The third-order valence-corrected chi connectivity index (χ3v) is 14.6. The molecule has 11 atom stereocenters. The molecule has 0 aromatic heterocycles. The second-order valence-corrected chi connectivity index (χ2v) is 20.1. The summed E-state index contributed by atoms with van der Waals surface area (Å²) in [6.45, 7) is 18.8. The number of aliphatic hydroxyl groups is 2. The van der Waals surface area contributed by atoms with Gasteiger partial charge in [-0.15, -0.1) is 18.2 Å². The average Bonchev–Trinajstić information content (AvgIpc) is 3.08. The number of esters is 2. The zero-order valence-electron chi connectivity index (χ0n) is 32.0. The summed E-state index contributed by atoms with van der Waals surface area (Å²) in [6.07, 6.45) is -5.66. The molecule has 12 nitrogen and oxygen atoms in total. The summed E-state index contributed by atoms with van der Waals surface area (Å²) in [7, 11) is -2.64. The lowest BCUT2D eigenvalue weighted by molar-refractivity contribution is -0.372. The van der Waals surface area contributed by atoms with Crippen LogP contribution in [0.3, 0.4) is 0 Å². The van der Waals surface area contributed by atoms with Crippen LogP contribution in [0.15, 0.2) is 43.0 Å². The Morgan fingerprint density at radius 3 is 2.29 bits per heavy atom. The largest absolute Gasteiger partial charge is 0.457 e. The van der Waals surface area contributed by atoms with Gasteiger partial charge in [-0.3, -0.25) is 9.59 Å². The van der Waals surface area contributed by atoms with Crippen LogP contribution in [-0.2, 0) is 53.8 Å². The van der Waals surface area contributed by atoms with E-state index in [-0.39, 0.29) is 17.7 Å². The molecule has 2 aliphatic heterocycles. The fourth-order valence-corrected chi connectivity index (χ4v) is 7.41. The van der Waals surface area contributed by atoms with Gasteiger partial charge in [-0.05, 0) is 43.5 Å². The lowest BCUT2D eigenvalue weighted by atomic mass is 9.96. The number of unbranched alkanes of at least 4 members (excludes halogenated alkanes) is 2. The van der Waals surface area contributed by atoms with Gasteiger partial charge < -0.3 is 47.8 Å². The molecule has 3 rings (SSSR count). The molecule has 2 fully saturated rings. The van der Waals surface area contributed by atoms with Gasteiger partial charge in [0.25, 0.3) is 0 Å². The molecular formula is C38H61ClO12Si. The maximum atomic E-state index is 12.8. The Bertz CT molecular complexity index is 1250. The molecule has 2 aliphatic rings. The Kier molecular flexibility index (Phi) is 17.7. The third-order valence-electron chi connectivity index (χ3n) is 9.90. The SMILES string of the molecule is C=CC[C@H](CCCCC)O[C@@H]1O[C@H](C)[C@H](OC(C)=O)[C@H](OCc2ccccc2)[C@H]1O[C@@H]1O[C@H](CO)[C@@H](O)[C@H](O[Si](C)(C)C(C)(C)C)[C@H]1OC(=O)CCl. The van der Waals surface area contributed by atoms with E-state index in [0.29, 0.717) is 6.42 Å². The number of carbonyl (C=O) groups excluding carboxylic acids is 2. The summed E-state index contributed by atoms with van der Waals surface area (Å²) in [5.74, 6) is -1.82. The van der Waals surface area contributed by atoms with Crippen LogP contribution >= 0.6 is 11.6 Å². The second kappa shape index (κ2) is 20.7. The third kappa shape index (κ3) is 12.3. The van der Waals surface area contributed by atoms with Gasteiger partial charge in [-0.2, -0.15) is 0 Å². The molecule has 1 aromatic rings. The normalized spacial score (nSPS) is 30.4. The van der Waals surface area contributed by atoms with Gasteiger partial charge in [0, 0.05) is 6.92 Å². The van der Waals surface area contributed by atoms with E-state index >= 15 is 0 Å². The van der Waals surface area contributed by atoms with Gasteiger partial charge in [-0.25, -0.2) is 0 Å². The van der Waals surface area contributed by atoms with Crippen LogP contribution in [0.4, 0.5) is 0 Å². The number of alkyl halides is 1. The van der Waals surface area contributed by atoms with Gasteiger partial charge in [0.15, 0.2) is 33.1 Å². The van der Waals surface area contributed by atoms with Crippen molar-refractivity contribution in [2.45, 2.75) is 166 Å². The van der Waals surface area contributed by atoms with E-state index < -0.39 is 94.2 Å². The minimum Gasteiger partial charge on any atom is -0.457 e. The molecule has 1 aromatic carbocycles. The van der Waals surface area contributed by atoms with Gasteiger partial charge >= 0.3 is 11.9 Å². The standard InChI is InChI=1S/C38H61ClO12Si/c1-10-12-14-20-27(17-11-2)47-36-35(33(31(24(3)45-36)46-25(4)41)44-23-26-18-15-13-16-19-26)50-37-34(49-29(42)21-39)32(30(43)28(22-40)48-37)51-52(8,9)38(5,6)7/h11,13,15-16,18-19,24,27-28,30-37,40,43H,2,10,12,14,17,20-23H2,1,3-9H3/t24-,27-,28-,30-,31+,32+,33+,34-,35-,36+,37+/m1/s1. The Hall–Kier alpha value is -1.91.